The van der Waals surface area contributed by atoms with Gasteiger partial charge in [0.1, 0.15) is 54.8 Å². The van der Waals surface area contributed by atoms with E-state index in [2.05, 4.69) is 40.2 Å². The van der Waals surface area contributed by atoms with E-state index in [-0.39, 0.29) is 81.9 Å². The molecule has 2 saturated heterocycles. The molecule has 29 heteroatoms. The van der Waals surface area contributed by atoms with Crippen molar-refractivity contribution in [3.05, 3.63) is 48.1 Å². The van der Waals surface area contributed by atoms with Gasteiger partial charge >= 0.3 is 59.1 Å². The molecule has 25 nitrogen and oxygen atoms in total. The first kappa shape index (κ1) is 42.9. The molecule has 54 heavy (non-hydrogen) atoms. The molecule has 10 atom stereocenters. The molecule has 0 aliphatic carbocycles. The molecule has 2 aliphatic heterocycles. The molecule has 5 aromatic rings. The second kappa shape index (κ2) is 17.1. The van der Waals surface area contributed by atoms with Crippen molar-refractivity contribution < 1.29 is 116 Å². The summed E-state index contributed by atoms with van der Waals surface area (Å²) in [7, 11) is -7.30. The van der Waals surface area contributed by atoms with Gasteiger partial charge in [-0.25, -0.2) is 24.9 Å². The van der Waals surface area contributed by atoms with E-state index >= 15 is 0 Å². The van der Waals surface area contributed by atoms with Crippen LogP contribution in [0.25, 0.3) is 22.3 Å². The van der Waals surface area contributed by atoms with Crippen molar-refractivity contribution in [3.63, 3.8) is 0 Å². The molecule has 2 fully saturated rings. The Balaban J connectivity index is 0.00000280. The SMILES string of the molecule is CNc1ncnc2c1ncn2[C@@H]1O[C@H](COP(=O)([O-])n2ccnc2)[C@@H](OP(=O)([O-])OC[C@H]2O[C@@H](n3cnc4c(=O)[nH]c(N)nc43)[C@H](O)[C@@H]2O)[C@H]1OC.[Na+].[Na+]. The summed E-state index contributed by atoms with van der Waals surface area (Å²) in [6.07, 6.45) is -4.56. The van der Waals surface area contributed by atoms with Crippen LogP contribution in [0.3, 0.4) is 0 Å². The molecule has 0 aromatic carbocycles. The van der Waals surface area contributed by atoms with E-state index in [9.17, 15) is 33.9 Å². The van der Waals surface area contributed by atoms with Crippen LogP contribution in [0.5, 0.6) is 0 Å². The summed E-state index contributed by atoms with van der Waals surface area (Å²) < 4.78 is 62.6. The Morgan fingerprint density at radius 1 is 0.944 bits per heavy atom. The quantitative estimate of drug-likeness (QED) is 0.0544. The number of nitrogens with two attached hydrogens (primary N) is 1. The van der Waals surface area contributed by atoms with Crippen LogP contribution < -0.4 is 85.5 Å². The number of aromatic nitrogens is 10. The van der Waals surface area contributed by atoms with Crippen LogP contribution in [0.4, 0.5) is 11.8 Å². The fraction of sp³-hybridized carbons (Fsp3) is 0.480. The first-order valence-corrected chi connectivity index (χ1v) is 18.1. The third-order valence-corrected chi connectivity index (χ3v) is 10.6. The minimum Gasteiger partial charge on any atom is -0.761 e. The number of nitrogens with one attached hydrogen (secondary N) is 2. The number of anilines is 2. The summed E-state index contributed by atoms with van der Waals surface area (Å²) in [5, 5.41) is 24.4. The van der Waals surface area contributed by atoms with Crippen LogP contribution in [-0.4, -0.2) is 123 Å². The Hall–Kier alpha value is -2.23. The Labute approximate surface area is 347 Å². The molecule has 5 aromatic heterocycles. The molecular weight excluding hydrogens is 784 g/mol. The predicted octanol–water partition coefficient (Wildman–Crippen LogP) is -8.78. The number of imidazole rings is 3. The van der Waals surface area contributed by atoms with Crippen LogP contribution in [0.15, 0.2) is 42.5 Å². The zero-order chi connectivity index (χ0) is 36.9. The van der Waals surface area contributed by atoms with Gasteiger partial charge in [-0.2, -0.15) is 4.98 Å². The van der Waals surface area contributed by atoms with Gasteiger partial charge in [0.05, 0.1) is 25.9 Å². The largest absolute Gasteiger partial charge is 1.00 e. The maximum Gasteiger partial charge on any atom is 1.00 e. The summed E-state index contributed by atoms with van der Waals surface area (Å²) in [5.74, 6) is 0.136. The number of ether oxygens (including phenoxy) is 3. The second-order valence-corrected chi connectivity index (χ2v) is 14.4. The van der Waals surface area contributed by atoms with E-state index in [1.807, 2.05) is 0 Å². The molecule has 0 amide bonds. The molecule has 7 rings (SSSR count). The van der Waals surface area contributed by atoms with E-state index in [1.165, 1.54) is 30.5 Å². The maximum atomic E-state index is 13.4. The average Bonchev–Trinajstić information content (AvgIpc) is 3.95. The zero-order valence-corrected chi connectivity index (χ0v) is 34.7. The fourth-order valence-corrected chi connectivity index (χ4v) is 7.69. The van der Waals surface area contributed by atoms with Crippen molar-refractivity contribution in [1.82, 2.24) is 48.4 Å². The van der Waals surface area contributed by atoms with Gasteiger partial charge in [0.25, 0.3) is 13.4 Å². The molecule has 2 aliphatic rings. The van der Waals surface area contributed by atoms with Crippen LogP contribution in [-0.2, 0) is 36.9 Å². The van der Waals surface area contributed by atoms with Crippen molar-refractivity contribution in [2.75, 3.05) is 38.4 Å². The average molecular weight is 815 g/mol. The van der Waals surface area contributed by atoms with Gasteiger partial charge in [-0.1, -0.05) is 0 Å². The van der Waals surface area contributed by atoms with E-state index in [0.717, 1.165) is 23.4 Å². The number of rotatable bonds is 13. The van der Waals surface area contributed by atoms with E-state index in [1.54, 1.807) is 7.05 Å². The minimum absolute atomic E-state index is 0. The predicted molar refractivity (Wildman–Crippen MR) is 168 cm³/mol. The number of aliphatic hydroxyl groups excluding tert-OH is 2. The Morgan fingerprint density at radius 3 is 2.31 bits per heavy atom. The van der Waals surface area contributed by atoms with Gasteiger partial charge in [0.15, 0.2) is 35.1 Å². The molecule has 2 unspecified atom stereocenters. The van der Waals surface area contributed by atoms with Crippen molar-refractivity contribution in [2.45, 2.75) is 49.1 Å². The minimum atomic E-state index is -5.39. The monoisotopic (exact) mass is 814 g/mol. The van der Waals surface area contributed by atoms with Crippen LogP contribution in [0, 0.1) is 0 Å². The van der Waals surface area contributed by atoms with E-state index in [0.29, 0.717) is 15.7 Å². The normalized spacial score (nSPS) is 27.7. The topological polar surface area (TPSA) is 339 Å². The zero-order valence-electron chi connectivity index (χ0n) is 28.9. The summed E-state index contributed by atoms with van der Waals surface area (Å²) in [6.45, 7) is -1.61. The molecule has 280 valence electrons. The maximum absolute atomic E-state index is 13.4. The number of H-pyrrole nitrogens is 1. The molecule has 6 N–H and O–H groups in total. The smallest absolute Gasteiger partial charge is 0.761 e. The van der Waals surface area contributed by atoms with Crippen LogP contribution in [0.1, 0.15) is 12.5 Å². The summed E-state index contributed by atoms with van der Waals surface area (Å²) in [5.41, 5.74) is 5.38. The number of fused-ring (bicyclic) bond motifs is 2. The third kappa shape index (κ3) is 8.25. The van der Waals surface area contributed by atoms with E-state index < -0.39 is 83.4 Å². The van der Waals surface area contributed by atoms with Crippen molar-refractivity contribution in [3.8, 4) is 0 Å². The van der Waals surface area contributed by atoms with Gasteiger partial charge < -0.3 is 58.8 Å². The Morgan fingerprint density at radius 2 is 1.63 bits per heavy atom. The van der Waals surface area contributed by atoms with Crippen molar-refractivity contribution in [2.24, 2.45) is 0 Å². The number of aromatic amines is 1. The van der Waals surface area contributed by atoms with Gasteiger partial charge in [-0.3, -0.25) is 32.4 Å². The summed E-state index contributed by atoms with van der Waals surface area (Å²) >= 11 is 0. The Bertz CT molecular complexity index is 2230. The molecule has 0 bridgehead atoms. The van der Waals surface area contributed by atoms with Crippen LogP contribution >= 0.6 is 15.6 Å². The summed E-state index contributed by atoms with van der Waals surface area (Å²) in [4.78, 5) is 64.9. The van der Waals surface area contributed by atoms with Gasteiger partial charge in [0, 0.05) is 26.6 Å². The number of nitrogens with zero attached hydrogens (tertiary/aromatic N) is 9. The molecule has 0 saturated carbocycles. The number of hydrogen-bond donors (Lipinski definition) is 5. The fourth-order valence-electron chi connectivity index (χ4n) is 5.87. The molecular formula is C25H30N12Na2O13P2. The molecule has 0 radical (unpaired) electrons. The van der Waals surface area contributed by atoms with Crippen LogP contribution in [0.2, 0.25) is 0 Å². The summed E-state index contributed by atoms with van der Waals surface area (Å²) in [6, 6.07) is 0. The second-order valence-electron chi connectivity index (χ2n) is 11.4. The Kier molecular flexibility index (Phi) is 13.6. The number of aliphatic hydroxyl groups is 2. The first-order chi connectivity index (χ1) is 24.8. The van der Waals surface area contributed by atoms with Gasteiger partial charge in [-0.05, 0) is 0 Å². The van der Waals surface area contributed by atoms with Gasteiger partial charge in [-0.15, -0.1) is 0 Å². The third-order valence-electron chi connectivity index (χ3n) is 8.31. The van der Waals surface area contributed by atoms with E-state index in [4.69, 9.17) is 33.5 Å². The number of phosphoric ester groups is 1. The van der Waals surface area contributed by atoms with Gasteiger partial charge in [0.2, 0.25) is 13.7 Å². The number of hydrogen-bond acceptors (Lipinski definition) is 21. The van der Waals surface area contributed by atoms with Crippen molar-refractivity contribution in [1.29, 1.82) is 0 Å². The number of nitrogen functional groups attached to an aromatic ring is 1. The molecule has 7 heterocycles. The number of phosphoric acid groups is 1. The standard InChI is InChI=1S/C25H32N12O13P2.2Na/c1-27-19-13-20(30-7-29-19)36(9-31-13)24-18(45-2)17(12(49-24)6-46-51(41,42)35-4-3-28-8-35)50-52(43,44)47-5-11-15(38)16(39)23(48-11)37-10-32-14-21(37)33-25(26)34-22(14)40;;/h3-4,7-12,15-18,23-24,38-39H,5-6H2,1-2H3,(H,41,42)(H,43,44)(H,27,29,30)(H3,26,33,34,40);;/q;2*+1/p-2/t11-,12-,15-,16-,17-,18-,23-,24-;;/m1../s1. The van der Waals surface area contributed by atoms with Crippen molar-refractivity contribution >= 4 is 49.7 Å². The molecule has 0 spiro atoms. The number of methoxy groups -OCH3 is 1. The first-order valence-electron chi connectivity index (χ1n) is 15.2.